The number of carbonyl (C=O) groups excluding carboxylic acids is 1. The molecular formula is C23H21NO5. The zero-order valence-corrected chi connectivity index (χ0v) is 16.0. The number of hydrogen-bond donors (Lipinski definition) is 0. The van der Waals surface area contributed by atoms with Crippen LogP contribution in [0.4, 0.5) is 5.69 Å². The quantitative estimate of drug-likeness (QED) is 0.315. The molecule has 0 amide bonds. The van der Waals surface area contributed by atoms with Crippen LogP contribution >= 0.6 is 0 Å². The molecule has 0 unspecified atom stereocenters. The number of carbonyl (C=O) groups is 1. The van der Waals surface area contributed by atoms with E-state index in [1.165, 1.54) is 13.2 Å². The predicted octanol–water partition coefficient (Wildman–Crippen LogP) is 4.75. The summed E-state index contributed by atoms with van der Waals surface area (Å²) in [5.41, 5.74) is 3.12. The van der Waals surface area contributed by atoms with E-state index in [1.54, 1.807) is 30.3 Å². The predicted molar refractivity (Wildman–Crippen MR) is 109 cm³/mol. The normalized spacial score (nSPS) is 10.4. The average molecular weight is 391 g/mol. The van der Waals surface area contributed by atoms with Crippen LogP contribution in [0.25, 0.3) is 0 Å². The number of aryl methyl sites for hydroxylation is 2. The molecule has 0 bridgehead atoms. The van der Waals surface area contributed by atoms with Crippen LogP contribution in [0, 0.1) is 10.1 Å². The van der Waals surface area contributed by atoms with Crippen LogP contribution in [0.2, 0.25) is 0 Å². The van der Waals surface area contributed by atoms with Gasteiger partial charge < -0.3 is 9.47 Å². The lowest BCUT2D eigenvalue weighted by molar-refractivity contribution is -0.386. The van der Waals surface area contributed by atoms with Crippen LogP contribution in [0.5, 0.6) is 5.75 Å². The summed E-state index contributed by atoms with van der Waals surface area (Å²) in [5.74, 6) is -0.134. The van der Waals surface area contributed by atoms with E-state index in [4.69, 9.17) is 4.74 Å². The first-order valence-corrected chi connectivity index (χ1v) is 9.18. The first-order chi connectivity index (χ1) is 14.1. The van der Waals surface area contributed by atoms with Gasteiger partial charge in [-0.1, -0.05) is 54.6 Å². The molecule has 3 rings (SSSR count). The summed E-state index contributed by atoms with van der Waals surface area (Å²) < 4.78 is 10.6. The van der Waals surface area contributed by atoms with Gasteiger partial charge in [0.1, 0.15) is 6.61 Å². The minimum atomic E-state index is -0.429. The summed E-state index contributed by atoms with van der Waals surface area (Å²) >= 11 is 0. The second-order valence-electron chi connectivity index (χ2n) is 6.49. The Morgan fingerprint density at radius 1 is 0.897 bits per heavy atom. The van der Waals surface area contributed by atoms with E-state index in [0.717, 1.165) is 23.1 Å². The third-order valence-corrected chi connectivity index (χ3v) is 4.56. The van der Waals surface area contributed by atoms with Crippen molar-refractivity contribution in [3.05, 3.63) is 105 Å². The van der Waals surface area contributed by atoms with Crippen molar-refractivity contribution in [2.24, 2.45) is 0 Å². The molecular weight excluding hydrogens is 370 g/mol. The zero-order valence-electron chi connectivity index (χ0n) is 16.0. The monoisotopic (exact) mass is 391 g/mol. The molecule has 0 heterocycles. The lowest BCUT2D eigenvalue weighted by atomic mass is 10.0. The molecule has 0 radical (unpaired) electrons. The van der Waals surface area contributed by atoms with Crippen molar-refractivity contribution < 1.29 is 19.2 Å². The molecule has 0 spiro atoms. The molecule has 6 heteroatoms. The van der Waals surface area contributed by atoms with E-state index in [0.29, 0.717) is 12.0 Å². The number of nitro groups is 1. The van der Waals surface area contributed by atoms with Crippen molar-refractivity contribution in [3.63, 3.8) is 0 Å². The summed E-state index contributed by atoms with van der Waals surface area (Å²) in [7, 11) is 1.32. The van der Waals surface area contributed by atoms with Gasteiger partial charge in [0, 0.05) is 11.6 Å². The van der Waals surface area contributed by atoms with Gasteiger partial charge in [-0.3, -0.25) is 10.1 Å². The molecule has 0 N–H and O–H groups in total. The van der Waals surface area contributed by atoms with Gasteiger partial charge in [-0.2, -0.15) is 0 Å². The van der Waals surface area contributed by atoms with Crippen molar-refractivity contribution >= 4 is 11.7 Å². The van der Waals surface area contributed by atoms with Gasteiger partial charge in [-0.15, -0.1) is 0 Å². The summed E-state index contributed by atoms with van der Waals surface area (Å²) in [6.45, 7) is 0.157. The van der Waals surface area contributed by atoms with Crippen molar-refractivity contribution in [2.45, 2.75) is 19.4 Å². The number of methoxy groups -OCH3 is 1. The minimum Gasteiger partial charge on any atom is -0.482 e. The zero-order chi connectivity index (χ0) is 20.6. The molecule has 0 aromatic heterocycles. The molecule has 148 valence electrons. The maximum absolute atomic E-state index is 11.5. The van der Waals surface area contributed by atoms with Crippen molar-refractivity contribution in [1.29, 1.82) is 0 Å². The number of esters is 1. The number of nitro benzene ring substituents is 1. The van der Waals surface area contributed by atoms with E-state index < -0.39 is 10.9 Å². The molecule has 29 heavy (non-hydrogen) atoms. The van der Waals surface area contributed by atoms with Gasteiger partial charge in [0.05, 0.1) is 17.6 Å². The highest BCUT2D eigenvalue weighted by atomic mass is 16.6. The van der Waals surface area contributed by atoms with Crippen LogP contribution in [0.1, 0.15) is 27.0 Å². The van der Waals surface area contributed by atoms with Crippen LogP contribution in [-0.2, 0) is 24.2 Å². The van der Waals surface area contributed by atoms with Gasteiger partial charge >= 0.3 is 11.7 Å². The minimum absolute atomic E-state index is 0.0539. The molecule has 6 nitrogen and oxygen atoms in total. The van der Waals surface area contributed by atoms with Gasteiger partial charge in [-0.05, 0) is 36.1 Å². The number of ether oxygens (including phenoxy) is 2. The fourth-order valence-corrected chi connectivity index (χ4v) is 3.01. The lowest BCUT2D eigenvalue weighted by Gasteiger charge is -2.12. The number of rotatable bonds is 8. The fraction of sp³-hybridized carbons (Fsp3) is 0.174. The van der Waals surface area contributed by atoms with Gasteiger partial charge in [0.15, 0.2) is 0 Å². The number of nitrogens with zero attached hydrogens (tertiary/aromatic N) is 1. The van der Waals surface area contributed by atoms with Gasteiger partial charge in [0.2, 0.25) is 5.75 Å². The Morgan fingerprint density at radius 2 is 1.62 bits per heavy atom. The van der Waals surface area contributed by atoms with E-state index in [1.807, 2.05) is 36.4 Å². The Bertz CT molecular complexity index is 984. The molecule has 0 aliphatic carbocycles. The second-order valence-corrected chi connectivity index (χ2v) is 6.49. The molecule has 0 atom stereocenters. The summed E-state index contributed by atoms with van der Waals surface area (Å²) in [4.78, 5) is 22.6. The van der Waals surface area contributed by atoms with E-state index in [-0.39, 0.29) is 18.0 Å². The Kier molecular flexibility index (Phi) is 6.58. The standard InChI is InChI=1S/C23H21NO5/c1-28-23(25)20-14-11-18(12-15-20)16-29-22-19(8-5-9-21(22)24(26)27)13-10-17-6-3-2-4-7-17/h2-9,11-12,14-15H,10,13,16H2,1H3. The van der Waals surface area contributed by atoms with Crippen molar-refractivity contribution in [3.8, 4) is 5.75 Å². The Balaban J connectivity index is 1.77. The third-order valence-electron chi connectivity index (χ3n) is 4.56. The average Bonchev–Trinajstić information content (AvgIpc) is 2.76. The smallest absolute Gasteiger partial charge is 0.337 e. The Labute approximate surface area is 168 Å². The SMILES string of the molecule is COC(=O)c1ccc(COc2c(CCc3ccccc3)cccc2[N+](=O)[O-])cc1. The first kappa shape index (κ1) is 20.1. The van der Waals surface area contributed by atoms with Gasteiger partial charge in [0.25, 0.3) is 0 Å². The van der Waals surface area contributed by atoms with Crippen molar-refractivity contribution in [1.82, 2.24) is 0 Å². The van der Waals surface area contributed by atoms with E-state index in [9.17, 15) is 14.9 Å². The topological polar surface area (TPSA) is 78.7 Å². The highest BCUT2D eigenvalue weighted by Crippen LogP contribution is 2.32. The van der Waals surface area contributed by atoms with Gasteiger partial charge in [-0.25, -0.2) is 4.79 Å². The number of hydrogen-bond acceptors (Lipinski definition) is 5. The molecule has 3 aromatic carbocycles. The maximum atomic E-state index is 11.5. The fourth-order valence-electron chi connectivity index (χ4n) is 3.01. The number of para-hydroxylation sites is 1. The first-order valence-electron chi connectivity index (χ1n) is 9.18. The Morgan fingerprint density at radius 3 is 2.28 bits per heavy atom. The van der Waals surface area contributed by atoms with Crippen LogP contribution < -0.4 is 4.74 Å². The highest BCUT2D eigenvalue weighted by Gasteiger charge is 2.19. The summed E-state index contributed by atoms with van der Waals surface area (Å²) in [5, 5.41) is 11.5. The summed E-state index contributed by atoms with van der Waals surface area (Å²) in [6, 6.07) is 21.7. The van der Waals surface area contributed by atoms with E-state index in [2.05, 4.69) is 4.74 Å². The molecule has 0 fully saturated rings. The molecule has 3 aromatic rings. The third kappa shape index (κ3) is 5.19. The Hall–Kier alpha value is -3.67. The van der Waals surface area contributed by atoms with Crippen LogP contribution in [-0.4, -0.2) is 18.0 Å². The molecule has 0 saturated carbocycles. The summed E-state index contributed by atoms with van der Waals surface area (Å²) in [6.07, 6.45) is 1.38. The van der Waals surface area contributed by atoms with Crippen LogP contribution in [0.15, 0.2) is 72.8 Å². The van der Waals surface area contributed by atoms with E-state index >= 15 is 0 Å². The maximum Gasteiger partial charge on any atom is 0.337 e. The largest absolute Gasteiger partial charge is 0.482 e. The second kappa shape index (κ2) is 9.50. The molecule has 0 aliphatic rings. The lowest BCUT2D eigenvalue weighted by Crippen LogP contribution is -2.04. The highest BCUT2D eigenvalue weighted by molar-refractivity contribution is 5.89. The molecule has 0 aliphatic heterocycles. The van der Waals surface area contributed by atoms with Crippen LogP contribution in [0.3, 0.4) is 0 Å². The molecule has 0 saturated heterocycles. The number of benzene rings is 3. The van der Waals surface area contributed by atoms with Crippen molar-refractivity contribution in [2.75, 3.05) is 7.11 Å².